The van der Waals surface area contributed by atoms with Gasteiger partial charge in [-0.1, -0.05) is 44.1 Å². The largest absolute Gasteiger partial charge is 0.456 e. The van der Waals surface area contributed by atoms with Crippen LogP contribution in [-0.2, 0) is 13.9 Å². The molecule has 7 nitrogen and oxygen atoms in total. The molecule has 1 aliphatic rings. The number of carbonyl (C=O) groups excluding carboxylic acids is 1. The van der Waals surface area contributed by atoms with E-state index in [0.717, 1.165) is 0 Å². The van der Waals surface area contributed by atoms with Crippen LogP contribution in [-0.4, -0.2) is 38.8 Å². The SMILES string of the molecule is C[C@@H]1O[C@H](O[Si](C)(C)C(C)(C)C)C[C@@H](N=[N+]=[N-])[C@@H]1OC(=O)c1ccccc1. The van der Waals surface area contributed by atoms with Crippen molar-refractivity contribution in [1.29, 1.82) is 0 Å². The van der Waals surface area contributed by atoms with Crippen molar-refractivity contribution >= 4 is 14.3 Å². The Kier molecular flexibility index (Phi) is 6.70. The first-order chi connectivity index (χ1) is 12.5. The summed E-state index contributed by atoms with van der Waals surface area (Å²) in [4.78, 5) is 15.4. The van der Waals surface area contributed by atoms with Crippen LogP contribution in [0.1, 0.15) is 44.5 Å². The molecule has 2 rings (SSSR count). The fourth-order valence-corrected chi connectivity index (χ4v) is 3.88. The quantitative estimate of drug-likeness (QED) is 0.231. The van der Waals surface area contributed by atoms with Crippen LogP contribution in [0.3, 0.4) is 0 Å². The lowest BCUT2D eigenvalue weighted by atomic mass is 10.00. The minimum Gasteiger partial charge on any atom is -0.456 e. The van der Waals surface area contributed by atoms with Crippen molar-refractivity contribution in [2.75, 3.05) is 0 Å². The number of carbonyl (C=O) groups is 1. The van der Waals surface area contributed by atoms with Crippen molar-refractivity contribution in [3.8, 4) is 0 Å². The molecule has 148 valence electrons. The Hall–Kier alpha value is -1.86. The maximum atomic E-state index is 12.4. The van der Waals surface area contributed by atoms with Crippen LogP contribution < -0.4 is 0 Å². The van der Waals surface area contributed by atoms with Crippen LogP contribution in [0.5, 0.6) is 0 Å². The van der Waals surface area contributed by atoms with E-state index >= 15 is 0 Å². The summed E-state index contributed by atoms with van der Waals surface area (Å²) in [6, 6.07) is 8.19. The van der Waals surface area contributed by atoms with E-state index in [-0.39, 0.29) is 5.04 Å². The summed E-state index contributed by atoms with van der Waals surface area (Å²) in [5, 5.41) is 3.90. The van der Waals surface area contributed by atoms with Crippen molar-refractivity contribution in [3.05, 3.63) is 46.3 Å². The molecule has 0 aromatic heterocycles. The summed E-state index contributed by atoms with van der Waals surface area (Å²) in [5.74, 6) is -0.460. The molecule has 1 aromatic carbocycles. The minimum absolute atomic E-state index is 0.0320. The van der Waals surface area contributed by atoms with Gasteiger partial charge in [0, 0.05) is 11.3 Å². The first kappa shape index (κ1) is 21.4. The van der Waals surface area contributed by atoms with Gasteiger partial charge in [0.25, 0.3) is 0 Å². The van der Waals surface area contributed by atoms with E-state index in [9.17, 15) is 4.79 Å². The van der Waals surface area contributed by atoms with Crippen molar-refractivity contribution < 1.29 is 18.7 Å². The molecule has 0 saturated carbocycles. The number of hydrogen-bond donors (Lipinski definition) is 0. The molecule has 1 aromatic rings. The molecule has 1 heterocycles. The molecule has 0 bridgehead atoms. The predicted octanol–water partition coefficient (Wildman–Crippen LogP) is 5.05. The standard InChI is InChI=1S/C19H29N3O4Si/c1-13-17(25-18(23)14-10-8-7-9-11-14)15(21-22-20)12-16(24-13)26-27(5,6)19(2,3)4/h7-11,13,15-17H,12H2,1-6H3/t13-,15+,16+,17+/m0/s1. The average Bonchev–Trinajstić information content (AvgIpc) is 2.57. The van der Waals surface area contributed by atoms with Gasteiger partial charge >= 0.3 is 5.97 Å². The van der Waals surface area contributed by atoms with E-state index in [4.69, 9.17) is 19.4 Å². The zero-order valence-corrected chi connectivity index (χ0v) is 17.9. The Morgan fingerprint density at radius 2 is 1.93 bits per heavy atom. The molecular formula is C19H29N3O4Si. The third-order valence-electron chi connectivity index (χ3n) is 5.33. The van der Waals surface area contributed by atoms with Crippen LogP contribution in [0.25, 0.3) is 10.4 Å². The lowest BCUT2D eigenvalue weighted by Gasteiger charge is -2.44. The van der Waals surface area contributed by atoms with Crippen molar-refractivity contribution in [2.45, 2.75) is 76.8 Å². The topological polar surface area (TPSA) is 93.5 Å². The molecule has 0 amide bonds. The first-order valence-corrected chi connectivity index (χ1v) is 12.1. The highest BCUT2D eigenvalue weighted by atomic mass is 28.4. The molecule has 0 spiro atoms. The number of nitrogens with zero attached hydrogens (tertiary/aromatic N) is 3. The molecule has 1 saturated heterocycles. The highest BCUT2D eigenvalue weighted by molar-refractivity contribution is 6.74. The maximum absolute atomic E-state index is 12.4. The summed E-state index contributed by atoms with van der Waals surface area (Å²) in [7, 11) is -2.05. The van der Waals surface area contributed by atoms with E-state index in [1.165, 1.54) is 0 Å². The van der Waals surface area contributed by atoms with Gasteiger partial charge in [-0.05, 0) is 42.7 Å². The predicted molar refractivity (Wildman–Crippen MR) is 106 cm³/mol. The van der Waals surface area contributed by atoms with Gasteiger partial charge in [0.15, 0.2) is 8.32 Å². The molecule has 27 heavy (non-hydrogen) atoms. The third-order valence-corrected chi connectivity index (χ3v) is 9.79. The van der Waals surface area contributed by atoms with Crippen molar-refractivity contribution in [3.63, 3.8) is 0 Å². The van der Waals surface area contributed by atoms with Crippen molar-refractivity contribution in [1.82, 2.24) is 0 Å². The number of rotatable bonds is 5. The zero-order chi connectivity index (χ0) is 20.2. The lowest BCUT2D eigenvalue weighted by Crippen LogP contribution is -2.53. The summed E-state index contributed by atoms with van der Waals surface area (Å²) in [5.41, 5.74) is 9.41. The average molecular weight is 392 g/mol. The fraction of sp³-hybridized carbons (Fsp3) is 0.632. The van der Waals surface area contributed by atoms with Crippen LogP contribution >= 0.6 is 0 Å². The second-order valence-corrected chi connectivity index (χ2v) is 13.1. The Morgan fingerprint density at radius 3 is 2.48 bits per heavy atom. The highest BCUT2D eigenvalue weighted by Gasteiger charge is 2.44. The lowest BCUT2D eigenvalue weighted by molar-refractivity contribution is -0.191. The Labute approximate surface area is 161 Å². The van der Waals surface area contributed by atoms with Gasteiger partial charge in [-0.3, -0.25) is 0 Å². The molecule has 0 radical (unpaired) electrons. The number of hydrogen-bond acceptors (Lipinski definition) is 5. The summed E-state index contributed by atoms with van der Waals surface area (Å²) < 4.78 is 17.9. The number of ether oxygens (including phenoxy) is 2. The van der Waals surface area contributed by atoms with Gasteiger partial charge in [-0.2, -0.15) is 0 Å². The van der Waals surface area contributed by atoms with Crippen LogP contribution in [0.4, 0.5) is 0 Å². The van der Waals surface area contributed by atoms with Crippen LogP contribution in [0, 0.1) is 0 Å². The molecule has 8 heteroatoms. The summed E-state index contributed by atoms with van der Waals surface area (Å²) in [6.45, 7) is 12.6. The van der Waals surface area contributed by atoms with E-state index in [0.29, 0.717) is 12.0 Å². The van der Waals surface area contributed by atoms with E-state index in [1.807, 2.05) is 13.0 Å². The normalized spacial score (nSPS) is 26.1. The Balaban J connectivity index is 2.13. The van der Waals surface area contributed by atoms with Crippen molar-refractivity contribution in [2.24, 2.45) is 5.11 Å². The van der Waals surface area contributed by atoms with Gasteiger partial charge < -0.3 is 13.9 Å². The van der Waals surface area contributed by atoms with Gasteiger partial charge in [0.2, 0.25) is 0 Å². The summed E-state index contributed by atoms with van der Waals surface area (Å²) in [6.07, 6.45) is -1.24. The second kappa shape index (κ2) is 8.44. The smallest absolute Gasteiger partial charge is 0.338 e. The fourth-order valence-electron chi connectivity index (χ4n) is 2.72. The van der Waals surface area contributed by atoms with E-state index < -0.39 is 38.8 Å². The zero-order valence-electron chi connectivity index (χ0n) is 16.9. The van der Waals surface area contributed by atoms with Gasteiger partial charge in [-0.15, -0.1) is 0 Å². The molecular weight excluding hydrogens is 362 g/mol. The van der Waals surface area contributed by atoms with Crippen LogP contribution in [0.2, 0.25) is 18.1 Å². The monoisotopic (exact) mass is 391 g/mol. The van der Waals surface area contributed by atoms with E-state index in [1.54, 1.807) is 24.3 Å². The third kappa shape index (κ3) is 5.32. The maximum Gasteiger partial charge on any atom is 0.338 e. The molecule has 0 aliphatic carbocycles. The van der Waals surface area contributed by atoms with Gasteiger partial charge in [0.1, 0.15) is 12.4 Å². The number of benzene rings is 1. The summed E-state index contributed by atoms with van der Waals surface area (Å²) >= 11 is 0. The molecule has 1 fully saturated rings. The van der Waals surface area contributed by atoms with Crippen LogP contribution in [0.15, 0.2) is 35.4 Å². The Bertz CT molecular complexity index is 699. The molecule has 4 atom stereocenters. The number of azide groups is 1. The number of esters is 1. The second-order valence-electron chi connectivity index (χ2n) is 8.39. The first-order valence-electron chi connectivity index (χ1n) is 9.18. The molecule has 0 unspecified atom stereocenters. The highest BCUT2D eigenvalue weighted by Crippen LogP contribution is 2.39. The molecule has 1 aliphatic heterocycles. The van der Waals surface area contributed by atoms with Gasteiger partial charge in [0.05, 0.1) is 17.7 Å². The Morgan fingerprint density at radius 1 is 1.30 bits per heavy atom. The van der Waals surface area contributed by atoms with Gasteiger partial charge in [-0.25, -0.2) is 4.79 Å². The molecule has 0 N–H and O–H groups in total. The van der Waals surface area contributed by atoms with E-state index in [2.05, 4.69) is 43.9 Å². The minimum atomic E-state index is -2.05.